The number of thioether (sulfide) groups is 1. The number of carbonyl (C=O) groups is 2. The molecule has 1 saturated carbocycles. The molecule has 1 aliphatic carbocycles. The Morgan fingerprint density at radius 3 is 2.59 bits per heavy atom. The quantitative estimate of drug-likeness (QED) is 0.518. The summed E-state index contributed by atoms with van der Waals surface area (Å²) in [6.07, 6.45) is 6.45. The molecule has 2 amide bonds. The zero-order valence-electron chi connectivity index (χ0n) is 18.9. The fraction of sp³-hybridized carbons (Fsp3) is 0.565. The Kier molecular flexibility index (Phi) is 8.99. The molecule has 0 radical (unpaired) electrons. The number of nitrogens with one attached hydrogen (secondary N) is 2. The van der Waals surface area contributed by atoms with E-state index in [0.717, 1.165) is 12.8 Å². The first-order valence-corrected chi connectivity index (χ1v) is 12.6. The van der Waals surface area contributed by atoms with Crippen LogP contribution in [0.4, 0.5) is 0 Å². The van der Waals surface area contributed by atoms with E-state index < -0.39 is 0 Å². The van der Waals surface area contributed by atoms with Crippen molar-refractivity contribution in [1.29, 1.82) is 0 Å². The fourth-order valence-corrected chi connectivity index (χ4v) is 4.93. The highest BCUT2D eigenvalue weighted by Crippen LogP contribution is 2.25. The van der Waals surface area contributed by atoms with Crippen LogP contribution in [0.5, 0.6) is 0 Å². The van der Waals surface area contributed by atoms with Crippen LogP contribution in [0.3, 0.4) is 0 Å². The second-order valence-corrected chi connectivity index (χ2v) is 10.1. The Morgan fingerprint density at radius 1 is 1.19 bits per heavy atom. The van der Waals surface area contributed by atoms with Crippen LogP contribution in [0, 0.1) is 5.92 Å². The molecule has 0 unspecified atom stereocenters. The number of aromatic nitrogens is 3. The molecule has 174 valence electrons. The van der Waals surface area contributed by atoms with E-state index in [-0.39, 0.29) is 17.9 Å². The van der Waals surface area contributed by atoms with Gasteiger partial charge in [-0.15, -0.1) is 10.2 Å². The lowest BCUT2D eigenvalue weighted by Gasteiger charge is -2.22. The maximum Gasteiger partial charge on any atom is 0.253 e. The van der Waals surface area contributed by atoms with E-state index in [2.05, 4.69) is 34.7 Å². The molecule has 1 fully saturated rings. The lowest BCUT2D eigenvalue weighted by Crippen LogP contribution is -2.37. The molecule has 1 atom stereocenters. The minimum atomic E-state index is -0.318. The highest BCUT2D eigenvalue weighted by molar-refractivity contribution is 7.99. The van der Waals surface area contributed by atoms with Crippen molar-refractivity contribution in [3.8, 4) is 0 Å². The molecule has 2 N–H and O–H groups in total. The number of hydrogen-bond donors (Lipinski definition) is 2. The van der Waals surface area contributed by atoms with Gasteiger partial charge in [-0.2, -0.15) is 0 Å². The monoisotopic (exact) mass is 477 g/mol. The molecule has 32 heavy (non-hydrogen) atoms. The first kappa shape index (κ1) is 24.6. The fourth-order valence-electron chi connectivity index (χ4n) is 3.98. The lowest BCUT2D eigenvalue weighted by molar-refractivity contribution is -0.119. The van der Waals surface area contributed by atoms with E-state index in [4.69, 9.17) is 11.6 Å². The molecule has 1 aromatic carbocycles. The van der Waals surface area contributed by atoms with Gasteiger partial charge in [0.2, 0.25) is 5.91 Å². The van der Waals surface area contributed by atoms with Crippen molar-refractivity contribution in [1.82, 2.24) is 25.4 Å². The van der Waals surface area contributed by atoms with Gasteiger partial charge >= 0.3 is 0 Å². The molecular formula is C23H32ClN5O2S. The van der Waals surface area contributed by atoms with Gasteiger partial charge in [-0.25, -0.2) is 0 Å². The third-order valence-corrected chi connectivity index (χ3v) is 6.96. The van der Waals surface area contributed by atoms with E-state index in [0.29, 0.717) is 45.7 Å². The second kappa shape index (κ2) is 11.7. The van der Waals surface area contributed by atoms with E-state index in [1.807, 2.05) is 11.6 Å². The van der Waals surface area contributed by atoms with Crippen molar-refractivity contribution < 1.29 is 9.59 Å². The topological polar surface area (TPSA) is 88.9 Å². The molecular weight excluding hydrogens is 446 g/mol. The van der Waals surface area contributed by atoms with Gasteiger partial charge in [0.1, 0.15) is 0 Å². The maximum atomic E-state index is 12.8. The van der Waals surface area contributed by atoms with Gasteiger partial charge in [0.15, 0.2) is 11.0 Å². The summed E-state index contributed by atoms with van der Waals surface area (Å²) in [5, 5.41) is 15.9. The van der Waals surface area contributed by atoms with Gasteiger partial charge in [0.05, 0.1) is 22.4 Å². The molecule has 2 aromatic rings. The van der Waals surface area contributed by atoms with Crippen LogP contribution in [0.2, 0.25) is 5.02 Å². The number of benzene rings is 1. The standard InChI is InChI=1S/C23H32ClN5O2S/c1-15(2)13-19(26-22(31)17-11-7-8-12-18(17)24)21-27-28-23(29(21)3)32-14-20(30)25-16-9-5-4-6-10-16/h7-8,11-12,15-16,19H,4-6,9-10,13-14H2,1-3H3,(H,25,30)(H,26,31)/t19-/m0/s1. The number of halogens is 1. The van der Waals surface area contributed by atoms with Crippen molar-refractivity contribution in [2.24, 2.45) is 13.0 Å². The Morgan fingerprint density at radius 2 is 1.91 bits per heavy atom. The maximum absolute atomic E-state index is 12.8. The Balaban J connectivity index is 1.65. The molecule has 1 aliphatic rings. The summed E-state index contributed by atoms with van der Waals surface area (Å²) >= 11 is 7.56. The average Bonchev–Trinajstić information content (AvgIpc) is 3.12. The molecule has 1 aromatic heterocycles. The first-order valence-electron chi connectivity index (χ1n) is 11.2. The van der Waals surface area contributed by atoms with E-state index in [1.165, 1.54) is 31.0 Å². The molecule has 0 aliphatic heterocycles. The van der Waals surface area contributed by atoms with Gasteiger partial charge < -0.3 is 15.2 Å². The molecule has 9 heteroatoms. The van der Waals surface area contributed by atoms with Crippen LogP contribution in [0.1, 0.15) is 74.6 Å². The van der Waals surface area contributed by atoms with E-state index in [9.17, 15) is 9.59 Å². The van der Waals surface area contributed by atoms with Crippen molar-refractivity contribution in [2.45, 2.75) is 69.6 Å². The summed E-state index contributed by atoms with van der Waals surface area (Å²) in [6.45, 7) is 4.19. The summed E-state index contributed by atoms with van der Waals surface area (Å²) in [7, 11) is 1.87. The molecule has 1 heterocycles. The van der Waals surface area contributed by atoms with Crippen molar-refractivity contribution in [3.05, 3.63) is 40.7 Å². The second-order valence-electron chi connectivity index (χ2n) is 8.73. The normalized spacial score (nSPS) is 15.5. The van der Waals surface area contributed by atoms with Crippen LogP contribution in [0.25, 0.3) is 0 Å². The SMILES string of the molecule is CC(C)C[C@H](NC(=O)c1ccccc1Cl)c1nnc(SCC(=O)NC2CCCCC2)n1C. The largest absolute Gasteiger partial charge is 0.353 e. The molecule has 3 rings (SSSR count). The molecule has 0 bridgehead atoms. The first-order chi connectivity index (χ1) is 15.3. The van der Waals surface area contributed by atoms with Crippen molar-refractivity contribution in [3.63, 3.8) is 0 Å². The number of amides is 2. The average molecular weight is 478 g/mol. The number of nitrogens with zero attached hydrogens (tertiary/aromatic N) is 3. The third-order valence-electron chi connectivity index (χ3n) is 5.61. The summed E-state index contributed by atoms with van der Waals surface area (Å²) in [6, 6.07) is 6.95. The summed E-state index contributed by atoms with van der Waals surface area (Å²) in [5.41, 5.74) is 0.430. The van der Waals surface area contributed by atoms with E-state index >= 15 is 0 Å². The van der Waals surface area contributed by atoms with Crippen molar-refractivity contribution in [2.75, 3.05) is 5.75 Å². The van der Waals surface area contributed by atoms with Crippen LogP contribution in [0.15, 0.2) is 29.4 Å². The number of hydrogen-bond acceptors (Lipinski definition) is 5. The van der Waals surface area contributed by atoms with Crippen LogP contribution in [-0.2, 0) is 11.8 Å². The van der Waals surface area contributed by atoms with Crippen LogP contribution in [-0.4, -0.2) is 38.4 Å². The highest BCUT2D eigenvalue weighted by Gasteiger charge is 2.24. The Bertz CT molecular complexity index is 927. The lowest BCUT2D eigenvalue weighted by atomic mass is 9.95. The Labute approximate surface area is 199 Å². The minimum absolute atomic E-state index is 0.0252. The zero-order valence-corrected chi connectivity index (χ0v) is 20.5. The predicted octanol–water partition coefficient (Wildman–Crippen LogP) is 4.53. The number of rotatable bonds is 9. The predicted molar refractivity (Wildman–Crippen MR) is 128 cm³/mol. The van der Waals surface area contributed by atoms with Gasteiger partial charge in [-0.3, -0.25) is 9.59 Å². The molecule has 7 nitrogen and oxygen atoms in total. The van der Waals surface area contributed by atoms with Crippen molar-refractivity contribution >= 4 is 35.2 Å². The van der Waals surface area contributed by atoms with Crippen LogP contribution < -0.4 is 10.6 Å². The minimum Gasteiger partial charge on any atom is -0.353 e. The van der Waals surface area contributed by atoms with Gasteiger partial charge in [-0.1, -0.05) is 68.6 Å². The zero-order chi connectivity index (χ0) is 23.1. The van der Waals surface area contributed by atoms with Gasteiger partial charge in [0.25, 0.3) is 5.91 Å². The summed E-state index contributed by atoms with van der Waals surface area (Å²) < 4.78 is 1.86. The van der Waals surface area contributed by atoms with Crippen LogP contribution >= 0.6 is 23.4 Å². The highest BCUT2D eigenvalue weighted by atomic mass is 35.5. The molecule has 0 saturated heterocycles. The van der Waals surface area contributed by atoms with E-state index in [1.54, 1.807) is 24.3 Å². The summed E-state index contributed by atoms with van der Waals surface area (Å²) in [5.74, 6) is 1.07. The Hall–Kier alpha value is -2.06. The number of carbonyl (C=O) groups excluding carboxylic acids is 2. The summed E-state index contributed by atoms with van der Waals surface area (Å²) in [4.78, 5) is 25.2. The van der Waals surface area contributed by atoms with Gasteiger partial charge in [0, 0.05) is 13.1 Å². The smallest absolute Gasteiger partial charge is 0.253 e. The third kappa shape index (κ3) is 6.72. The van der Waals surface area contributed by atoms with Gasteiger partial charge in [-0.05, 0) is 37.3 Å². The molecule has 0 spiro atoms.